The summed E-state index contributed by atoms with van der Waals surface area (Å²) in [5, 5.41) is 6.20. The molecule has 0 radical (unpaired) electrons. The van der Waals surface area contributed by atoms with Crippen LogP contribution in [0.15, 0.2) is 35.8 Å². The number of piperidine rings is 1. The van der Waals surface area contributed by atoms with E-state index in [9.17, 15) is 9.59 Å². The molecule has 2 aliphatic rings. The summed E-state index contributed by atoms with van der Waals surface area (Å²) in [6, 6.07) is 7.38. The van der Waals surface area contributed by atoms with E-state index in [0.29, 0.717) is 47.2 Å². The van der Waals surface area contributed by atoms with Gasteiger partial charge in [0.05, 0.1) is 15.9 Å². The number of aryl methyl sites for hydroxylation is 2. The highest BCUT2D eigenvalue weighted by molar-refractivity contribution is 7.15. The predicted octanol–water partition coefficient (Wildman–Crippen LogP) is 5.04. The lowest BCUT2D eigenvalue weighted by molar-refractivity contribution is 0.0700. The van der Waals surface area contributed by atoms with Crippen LogP contribution in [0.5, 0.6) is 5.88 Å². The van der Waals surface area contributed by atoms with E-state index in [1.807, 2.05) is 54.6 Å². The number of nitrogens with zero attached hydrogens (tertiary/aromatic N) is 4. The molecule has 0 bridgehead atoms. The lowest BCUT2D eigenvalue weighted by Gasteiger charge is -2.27. The second-order valence-corrected chi connectivity index (χ2v) is 11.4. The van der Waals surface area contributed by atoms with Crippen LogP contribution in [0.1, 0.15) is 27.6 Å². The Balaban J connectivity index is 1.18. The van der Waals surface area contributed by atoms with Gasteiger partial charge in [0.25, 0.3) is 5.91 Å². The first-order valence-electron chi connectivity index (χ1n) is 11.3. The average Bonchev–Trinajstić information content (AvgIpc) is 3.15. The first-order chi connectivity index (χ1) is 16.9. The molecular weight excluding hydrogens is 506 g/mol. The van der Waals surface area contributed by atoms with E-state index < -0.39 is 6.09 Å². The predicted molar refractivity (Wildman–Crippen MR) is 136 cm³/mol. The van der Waals surface area contributed by atoms with Crippen LogP contribution in [0.25, 0.3) is 15.4 Å². The number of aromatic nitrogens is 3. The van der Waals surface area contributed by atoms with Crippen molar-refractivity contribution in [2.45, 2.75) is 26.3 Å². The van der Waals surface area contributed by atoms with Gasteiger partial charge in [0.2, 0.25) is 5.88 Å². The Morgan fingerprint density at radius 1 is 1.29 bits per heavy atom. The van der Waals surface area contributed by atoms with E-state index in [0.717, 1.165) is 26.8 Å². The molecule has 1 aromatic carbocycles. The lowest BCUT2D eigenvalue weighted by Crippen LogP contribution is -2.46. The molecule has 3 aromatic heterocycles. The highest BCUT2D eigenvalue weighted by atomic mass is 35.5. The molecule has 1 saturated heterocycles. The number of halogens is 1. The Labute approximate surface area is 214 Å². The molecule has 1 saturated carbocycles. The Morgan fingerprint density at radius 2 is 2.14 bits per heavy atom. The van der Waals surface area contributed by atoms with Crippen molar-refractivity contribution in [3.05, 3.63) is 57.3 Å². The Bertz CT molecular complexity index is 1460. The van der Waals surface area contributed by atoms with Crippen LogP contribution in [0.3, 0.4) is 0 Å². The van der Waals surface area contributed by atoms with Crippen LogP contribution in [0, 0.1) is 25.7 Å². The quantitative estimate of drug-likeness (QED) is 0.393. The minimum Gasteiger partial charge on any atom is -0.391 e. The van der Waals surface area contributed by atoms with Gasteiger partial charge in [-0.3, -0.25) is 9.20 Å². The van der Waals surface area contributed by atoms with Crippen molar-refractivity contribution in [3.8, 4) is 16.3 Å². The SMILES string of the molecule is Cc1nc(C(=O)N2C[C@@H]3C[C@@H]3[C@H]2CNC(=O)Oc2c(C)nc3sccn23)c(-c2cccc(Cl)c2)s1. The molecule has 1 aliphatic carbocycles. The summed E-state index contributed by atoms with van der Waals surface area (Å²) in [6.07, 6.45) is 2.34. The molecule has 11 heteroatoms. The molecule has 1 N–H and O–H groups in total. The van der Waals surface area contributed by atoms with E-state index in [2.05, 4.69) is 15.3 Å². The summed E-state index contributed by atoms with van der Waals surface area (Å²) >= 11 is 9.16. The van der Waals surface area contributed by atoms with Gasteiger partial charge >= 0.3 is 6.09 Å². The first kappa shape index (κ1) is 22.5. The van der Waals surface area contributed by atoms with Crippen LogP contribution >= 0.6 is 34.3 Å². The molecular formula is C24H22ClN5O3S2. The number of carbonyl (C=O) groups is 2. The largest absolute Gasteiger partial charge is 0.414 e. The van der Waals surface area contributed by atoms with Crippen molar-refractivity contribution in [3.63, 3.8) is 0 Å². The molecule has 4 heterocycles. The van der Waals surface area contributed by atoms with Gasteiger partial charge < -0.3 is 15.0 Å². The normalized spacial score (nSPS) is 20.8. The fraction of sp³-hybridized carbons (Fsp3) is 0.333. The van der Waals surface area contributed by atoms with Gasteiger partial charge in [0.15, 0.2) is 4.96 Å². The number of amides is 2. The molecule has 35 heavy (non-hydrogen) atoms. The van der Waals surface area contributed by atoms with Crippen LogP contribution in [0.2, 0.25) is 5.02 Å². The summed E-state index contributed by atoms with van der Waals surface area (Å²) in [6.45, 7) is 4.70. The molecule has 1 aliphatic heterocycles. The number of imidazole rings is 1. The number of fused-ring (bicyclic) bond motifs is 2. The summed E-state index contributed by atoms with van der Waals surface area (Å²) in [7, 11) is 0. The average molecular weight is 528 g/mol. The fourth-order valence-electron chi connectivity index (χ4n) is 4.91. The maximum absolute atomic E-state index is 13.7. The number of hydrogen-bond donors (Lipinski definition) is 1. The van der Waals surface area contributed by atoms with Gasteiger partial charge in [0.1, 0.15) is 11.4 Å². The van der Waals surface area contributed by atoms with Gasteiger partial charge in [-0.1, -0.05) is 23.7 Å². The van der Waals surface area contributed by atoms with Gasteiger partial charge in [0, 0.05) is 29.7 Å². The highest BCUT2D eigenvalue weighted by Crippen LogP contribution is 2.50. The number of rotatable bonds is 5. The summed E-state index contributed by atoms with van der Waals surface area (Å²) < 4.78 is 7.32. The molecule has 3 atom stereocenters. The van der Waals surface area contributed by atoms with E-state index in [1.165, 1.54) is 22.7 Å². The number of likely N-dealkylation sites (tertiary alicyclic amines) is 1. The third kappa shape index (κ3) is 4.09. The third-order valence-corrected chi connectivity index (χ3v) is 8.62. The smallest absolute Gasteiger partial charge is 0.391 e. The standard InChI is InChI=1S/C24H22ClN5O3S2/c1-12-22(29-6-7-34-23(29)27-12)33-24(32)26-10-18-17-9-15(17)11-30(18)21(31)19-20(35-13(2)28-19)14-4-3-5-16(25)8-14/h3-8,15,17-18H,9-11H2,1-2H3,(H,26,32)/t15-,17-,18+/m0/s1. The van der Waals surface area contributed by atoms with Crippen molar-refractivity contribution >= 4 is 51.2 Å². The zero-order chi connectivity index (χ0) is 24.3. The van der Waals surface area contributed by atoms with E-state index >= 15 is 0 Å². The topological polar surface area (TPSA) is 88.8 Å². The van der Waals surface area contributed by atoms with Crippen LogP contribution in [-0.4, -0.2) is 50.4 Å². The second-order valence-electron chi connectivity index (χ2n) is 8.93. The van der Waals surface area contributed by atoms with Gasteiger partial charge in [-0.2, -0.15) is 0 Å². The van der Waals surface area contributed by atoms with E-state index in [4.69, 9.17) is 16.3 Å². The van der Waals surface area contributed by atoms with Crippen molar-refractivity contribution in [2.24, 2.45) is 11.8 Å². The summed E-state index contributed by atoms with van der Waals surface area (Å²) in [5.74, 6) is 1.15. The van der Waals surface area contributed by atoms with Crippen molar-refractivity contribution in [1.82, 2.24) is 24.6 Å². The van der Waals surface area contributed by atoms with Gasteiger partial charge in [-0.25, -0.2) is 14.8 Å². The van der Waals surface area contributed by atoms with Crippen molar-refractivity contribution in [2.75, 3.05) is 13.1 Å². The first-order valence-corrected chi connectivity index (χ1v) is 13.4. The Kier molecular flexibility index (Phi) is 5.54. The monoisotopic (exact) mass is 527 g/mol. The molecule has 4 aromatic rings. The highest BCUT2D eigenvalue weighted by Gasteiger charge is 2.54. The molecule has 0 spiro atoms. The van der Waals surface area contributed by atoms with Gasteiger partial charge in [-0.05, 0) is 49.8 Å². The van der Waals surface area contributed by atoms with Crippen LogP contribution in [-0.2, 0) is 0 Å². The maximum Gasteiger partial charge on any atom is 0.414 e. The zero-order valence-electron chi connectivity index (χ0n) is 19.0. The van der Waals surface area contributed by atoms with E-state index in [1.54, 1.807) is 4.40 Å². The zero-order valence-corrected chi connectivity index (χ0v) is 21.4. The number of carbonyl (C=O) groups excluding carboxylic acids is 2. The second kappa shape index (κ2) is 8.61. The number of nitrogens with one attached hydrogen (secondary N) is 1. The van der Waals surface area contributed by atoms with Crippen molar-refractivity contribution < 1.29 is 14.3 Å². The number of benzene rings is 1. The number of hydrogen-bond acceptors (Lipinski definition) is 7. The van der Waals surface area contributed by atoms with E-state index in [-0.39, 0.29) is 11.9 Å². The molecule has 6 rings (SSSR count). The number of ether oxygens (including phenoxy) is 1. The minimum absolute atomic E-state index is 0.0954. The number of thiazole rings is 2. The van der Waals surface area contributed by atoms with Gasteiger partial charge in [-0.15, -0.1) is 22.7 Å². The maximum atomic E-state index is 13.7. The Hall–Kier alpha value is -2.95. The third-order valence-electron chi connectivity index (χ3n) is 6.61. The van der Waals surface area contributed by atoms with Crippen LogP contribution < -0.4 is 10.1 Å². The summed E-state index contributed by atoms with van der Waals surface area (Å²) in [5.41, 5.74) is 1.97. The van der Waals surface area contributed by atoms with Crippen LogP contribution in [0.4, 0.5) is 4.79 Å². The molecule has 2 amide bonds. The minimum atomic E-state index is -0.554. The fourth-order valence-corrected chi connectivity index (χ4v) is 6.76. The molecule has 0 unspecified atom stereocenters. The lowest BCUT2D eigenvalue weighted by atomic mass is 10.1. The molecule has 2 fully saturated rings. The van der Waals surface area contributed by atoms with Crippen molar-refractivity contribution in [1.29, 1.82) is 0 Å². The Morgan fingerprint density at radius 3 is 2.97 bits per heavy atom. The summed E-state index contributed by atoms with van der Waals surface area (Å²) in [4.78, 5) is 38.7. The molecule has 180 valence electrons. The molecule has 8 nitrogen and oxygen atoms in total.